The molecule has 0 aromatic heterocycles. The van der Waals surface area contributed by atoms with Gasteiger partial charge in [-0.05, 0) is 18.1 Å². The molecule has 0 fully saturated rings. The number of fused-ring (bicyclic) bond motifs is 1. The molecule has 5 nitrogen and oxygen atoms in total. The summed E-state index contributed by atoms with van der Waals surface area (Å²) >= 11 is 0. The van der Waals surface area contributed by atoms with Gasteiger partial charge in [0, 0.05) is 39.1 Å². The minimum Gasteiger partial charge on any atom is -0.481 e. The predicted octanol–water partition coefficient (Wildman–Crippen LogP) is 1.73. The quantitative estimate of drug-likeness (QED) is 0.734. The van der Waals surface area contributed by atoms with Gasteiger partial charge in [0.05, 0.1) is 6.61 Å². The van der Waals surface area contributed by atoms with Crippen LogP contribution in [0.4, 0.5) is 5.69 Å². The molecule has 20 heavy (non-hydrogen) atoms. The number of benzene rings is 1. The zero-order valence-electron chi connectivity index (χ0n) is 11.7. The summed E-state index contributed by atoms with van der Waals surface area (Å²) in [5, 5.41) is 9.27. The van der Waals surface area contributed by atoms with Crippen LogP contribution in [0.3, 0.4) is 0 Å². The summed E-state index contributed by atoms with van der Waals surface area (Å²) in [5.41, 5.74) is 1.92. The SMILES string of the molecule is COCCCOCCN1CC(C(=O)O)c2ccccc21. The van der Waals surface area contributed by atoms with Gasteiger partial charge in [-0.2, -0.15) is 0 Å². The first kappa shape index (κ1) is 14.8. The third-order valence-electron chi connectivity index (χ3n) is 3.50. The number of aliphatic carboxylic acids is 1. The smallest absolute Gasteiger partial charge is 0.312 e. The Bertz CT molecular complexity index is 449. The van der Waals surface area contributed by atoms with Crippen molar-refractivity contribution in [2.75, 3.05) is 44.9 Å². The molecule has 1 aromatic carbocycles. The first-order valence-electron chi connectivity index (χ1n) is 6.87. The van der Waals surface area contributed by atoms with Crippen molar-refractivity contribution in [1.29, 1.82) is 0 Å². The van der Waals surface area contributed by atoms with Gasteiger partial charge in [0.2, 0.25) is 0 Å². The van der Waals surface area contributed by atoms with Crippen LogP contribution in [-0.4, -0.2) is 51.1 Å². The number of carbonyl (C=O) groups is 1. The van der Waals surface area contributed by atoms with E-state index >= 15 is 0 Å². The van der Waals surface area contributed by atoms with E-state index in [2.05, 4.69) is 4.90 Å². The highest BCUT2D eigenvalue weighted by molar-refractivity contribution is 5.82. The number of rotatable bonds is 8. The highest BCUT2D eigenvalue weighted by Gasteiger charge is 2.32. The van der Waals surface area contributed by atoms with Crippen molar-refractivity contribution in [1.82, 2.24) is 0 Å². The van der Waals surface area contributed by atoms with E-state index in [-0.39, 0.29) is 0 Å². The molecule has 1 aliphatic heterocycles. The molecule has 1 atom stereocenters. The number of nitrogens with zero attached hydrogens (tertiary/aromatic N) is 1. The van der Waals surface area contributed by atoms with Crippen LogP contribution in [0, 0.1) is 0 Å². The Kier molecular flexibility index (Phi) is 5.38. The van der Waals surface area contributed by atoms with Gasteiger partial charge in [0.15, 0.2) is 0 Å². The zero-order chi connectivity index (χ0) is 14.4. The summed E-state index contributed by atoms with van der Waals surface area (Å²) < 4.78 is 10.5. The predicted molar refractivity (Wildman–Crippen MR) is 76.3 cm³/mol. The molecular weight excluding hydrogens is 258 g/mol. The monoisotopic (exact) mass is 279 g/mol. The van der Waals surface area contributed by atoms with Crippen molar-refractivity contribution in [3.8, 4) is 0 Å². The Morgan fingerprint density at radius 3 is 2.90 bits per heavy atom. The van der Waals surface area contributed by atoms with Crippen molar-refractivity contribution in [3.05, 3.63) is 29.8 Å². The molecule has 1 unspecified atom stereocenters. The van der Waals surface area contributed by atoms with Gasteiger partial charge in [-0.1, -0.05) is 18.2 Å². The lowest BCUT2D eigenvalue weighted by atomic mass is 10.0. The van der Waals surface area contributed by atoms with E-state index in [1.807, 2.05) is 24.3 Å². The lowest BCUT2D eigenvalue weighted by molar-refractivity contribution is -0.138. The number of carboxylic acid groups (broad SMARTS) is 1. The summed E-state index contributed by atoms with van der Waals surface area (Å²) in [6.07, 6.45) is 0.880. The Labute approximate surface area is 119 Å². The fraction of sp³-hybridized carbons (Fsp3) is 0.533. The first-order valence-corrected chi connectivity index (χ1v) is 6.87. The maximum Gasteiger partial charge on any atom is 0.312 e. The lowest BCUT2D eigenvalue weighted by Crippen LogP contribution is -2.28. The molecule has 2 rings (SSSR count). The number of ether oxygens (including phenoxy) is 2. The molecule has 1 aromatic rings. The average molecular weight is 279 g/mol. The third-order valence-corrected chi connectivity index (χ3v) is 3.50. The fourth-order valence-corrected chi connectivity index (χ4v) is 2.49. The van der Waals surface area contributed by atoms with Crippen LogP contribution in [0.25, 0.3) is 0 Å². The van der Waals surface area contributed by atoms with E-state index in [1.165, 1.54) is 0 Å². The van der Waals surface area contributed by atoms with Gasteiger partial charge in [-0.3, -0.25) is 4.79 Å². The summed E-state index contributed by atoms with van der Waals surface area (Å²) in [6, 6.07) is 7.70. The van der Waals surface area contributed by atoms with E-state index in [9.17, 15) is 9.90 Å². The van der Waals surface area contributed by atoms with E-state index in [0.29, 0.717) is 32.9 Å². The van der Waals surface area contributed by atoms with E-state index in [0.717, 1.165) is 17.7 Å². The van der Waals surface area contributed by atoms with Crippen molar-refractivity contribution in [2.24, 2.45) is 0 Å². The molecule has 5 heteroatoms. The summed E-state index contributed by atoms with van der Waals surface area (Å²) in [7, 11) is 1.67. The minimum atomic E-state index is -0.763. The van der Waals surface area contributed by atoms with Crippen molar-refractivity contribution < 1.29 is 19.4 Å². The average Bonchev–Trinajstić information content (AvgIpc) is 2.82. The molecule has 0 spiro atoms. The molecule has 0 bridgehead atoms. The van der Waals surface area contributed by atoms with Crippen molar-refractivity contribution in [3.63, 3.8) is 0 Å². The minimum absolute atomic E-state index is 0.431. The maximum absolute atomic E-state index is 11.3. The number of carboxylic acids is 1. The normalized spacial score (nSPS) is 17.2. The number of para-hydroxylation sites is 1. The lowest BCUT2D eigenvalue weighted by Gasteiger charge is -2.19. The van der Waals surface area contributed by atoms with E-state index < -0.39 is 11.9 Å². The molecule has 0 saturated heterocycles. The molecule has 0 radical (unpaired) electrons. The second-order valence-electron chi connectivity index (χ2n) is 4.85. The Morgan fingerprint density at radius 1 is 1.35 bits per heavy atom. The van der Waals surface area contributed by atoms with Gasteiger partial charge >= 0.3 is 5.97 Å². The molecule has 0 saturated carbocycles. The molecule has 0 amide bonds. The van der Waals surface area contributed by atoms with Gasteiger partial charge < -0.3 is 19.5 Å². The summed E-state index contributed by atoms with van der Waals surface area (Å²) in [4.78, 5) is 13.4. The number of methoxy groups -OCH3 is 1. The first-order chi connectivity index (χ1) is 9.74. The van der Waals surface area contributed by atoms with Gasteiger partial charge in [-0.15, -0.1) is 0 Å². The maximum atomic E-state index is 11.3. The van der Waals surface area contributed by atoms with E-state index in [1.54, 1.807) is 7.11 Å². The number of hydrogen-bond acceptors (Lipinski definition) is 4. The Hall–Kier alpha value is -1.59. The second-order valence-corrected chi connectivity index (χ2v) is 4.85. The van der Waals surface area contributed by atoms with Crippen molar-refractivity contribution in [2.45, 2.75) is 12.3 Å². The highest BCUT2D eigenvalue weighted by atomic mass is 16.5. The fourth-order valence-electron chi connectivity index (χ4n) is 2.49. The molecule has 110 valence electrons. The summed E-state index contributed by atoms with van der Waals surface area (Å²) in [5.74, 6) is -1.19. The third kappa shape index (κ3) is 3.49. The van der Waals surface area contributed by atoms with E-state index in [4.69, 9.17) is 9.47 Å². The summed E-state index contributed by atoms with van der Waals surface area (Å²) in [6.45, 7) is 3.22. The van der Waals surface area contributed by atoms with Crippen LogP contribution in [0.15, 0.2) is 24.3 Å². The molecular formula is C15H21NO4. The van der Waals surface area contributed by atoms with Crippen LogP contribution in [-0.2, 0) is 14.3 Å². The van der Waals surface area contributed by atoms with Crippen LogP contribution < -0.4 is 4.90 Å². The van der Waals surface area contributed by atoms with Gasteiger partial charge in [-0.25, -0.2) is 0 Å². The van der Waals surface area contributed by atoms with Crippen LogP contribution in [0.5, 0.6) is 0 Å². The molecule has 1 heterocycles. The Morgan fingerprint density at radius 2 is 2.15 bits per heavy atom. The Balaban J connectivity index is 1.86. The van der Waals surface area contributed by atoms with Crippen LogP contribution in [0.1, 0.15) is 17.9 Å². The van der Waals surface area contributed by atoms with Crippen LogP contribution in [0.2, 0.25) is 0 Å². The largest absolute Gasteiger partial charge is 0.481 e. The topological polar surface area (TPSA) is 59.0 Å². The standard InChI is InChI=1S/C15H21NO4/c1-19-8-4-9-20-10-7-16-11-13(15(17)18)12-5-2-3-6-14(12)16/h2-3,5-6,13H,4,7-11H2,1H3,(H,17,18). The molecule has 1 N–H and O–H groups in total. The molecule has 0 aliphatic carbocycles. The van der Waals surface area contributed by atoms with Gasteiger partial charge in [0.25, 0.3) is 0 Å². The van der Waals surface area contributed by atoms with Crippen LogP contribution >= 0.6 is 0 Å². The molecule has 1 aliphatic rings. The number of anilines is 1. The zero-order valence-corrected chi connectivity index (χ0v) is 11.7. The van der Waals surface area contributed by atoms with Gasteiger partial charge in [0.1, 0.15) is 5.92 Å². The van der Waals surface area contributed by atoms with Crippen molar-refractivity contribution >= 4 is 11.7 Å². The number of hydrogen-bond donors (Lipinski definition) is 1. The second kappa shape index (κ2) is 7.26. The highest BCUT2D eigenvalue weighted by Crippen LogP contribution is 2.35.